The molecule has 0 saturated heterocycles. The first-order chi connectivity index (χ1) is 5.74. The van der Waals surface area contributed by atoms with Crippen molar-refractivity contribution in [2.24, 2.45) is 0 Å². The zero-order valence-corrected chi connectivity index (χ0v) is 8.08. The van der Waals surface area contributed by atoms with Gasteiger partial charge in [0.25, 0.3) is 0 Å². The third-order valence-corrected chi connectivity index (χ3v) is 1.95. The van der Waals surface area contributed by atoms with E-state index in [1.54, 1.807) is 0 Å². The maximum Gasteiger partial charge on any atom is 0.0607 e. The fraction of sp³-hybridized carbons (Fsp3) is 1.00. The Bertz CT molecular complexity index is 94.5. The van der Waals surface area contributed by atoms with Crippen molar-refractivity contribution >= 4 is 0 Å². The van der Waals surface area contributed by atoms with E-state index in [0.717, 1.165) is 6.42 Å². The molecule has 74 valence electrons. The topological polar surface area (TPSA) is 52.5 Å². The lowest BCUT2D eigenvalue weighted by Gasteiger charge is -2.19. The number of unbranched alkanes of at least 4 members (excludes halogenated alkanes) is 1. The van der Waals surface area contributed by atoms with Crippen LogP contribution in [0.15, 0.2) is 0 Å². The van der Waals surface area contributed by atoms with Gasteiger partial charge in [-0.2, -0.15) is 0 Å². The normalized spacial score (nSPS) is 13.8. The zero-order valence-electron chi connectivity index (χ0n) is 8.08. The van der Waals surface area contributed by atoms with Crippen LogP contribution in [0.5, 0.6) is 0 Å². The van der Waals surface area contributed by atoms with Gasteiger partial charge in [0.15, 0.2) is 0 Å². The molecule has 0 aliphatic heterocycles. The zero-order chi connectivity index (χ0) is 9.40. The van der Waals surface area contributed by atoms with Crippen molar-refractivity contribution in [1.29, 1.82) is 0 Å². The molecule has 0 fully saturated rings. The van der Waals surface area contributed by atoms with Gasteiger partial charge in [-0.3, -0.25) is 0 Å². The van der Waals surface area contributed by atoms with Gasteiger partial charge in [0.2, 0.25) is 0 Å². The molecule has 3 N–H and O–H groups in total. The Morgan fingerprint density at radius 3 is 2.25 bits per heavy atom. The fourth-order valence-corrected chi connectivity index (χ4v) is 1.16. The molecule has 0 radical (unpaired) electrons. The number of aliphatic hydroxyl groups excluding tert-OH is 2. The molecule has 0 heterocycles. The quantitative estimate of drug-likeness (QED) is 0.528. The van der Waals surface area contributed by atoms with Crippen LogP contribution in [0.25, 0.3) is 0 Å². The van der Waals surface area contributed by atoms with Crippen molar-refractivity contribution in [3.8, 4) is 0 Å². The van der Waals surface area contributed by atoms with Gasteiger partial charge < -0.3 is 15.5 Å². The molecule has 3 heteroatoms. The Labute approximate surface area is 74.8 Å². The van der Waals surface area contributed by atoms with E-state index in [-0.39, 0.29) is 19.3 Å². The number of rotatable bonds is 7. The predicted octanol–water partition coefficient (Wildman–Crippen LogP) is 0.508. The molecule has 1 atom stereocenters. The molecule has 0 aromatic carbocycles. The van der Waals surface area contributed by atoms with Gasteiger partial charge in [-0.1, -0.05) is 19.8 Å². The molecule has 0 aliphatic carbocycles. The molecule has 0 bridgehead atoms. The monoisotopic (exact) mass is 175 g/mol. The van der Waals surface area contributed by atoms with Crippen LogP contribution >= 0.6 is 0 Å². The maximum atomic E-state index is 8.78. The molecule has 0 aromatic rings. The highest BCUT2D eigenvalue weighted by Crippen LogP contribution is 2.00. The molecule has 1 unspecified atom stereocenters. The Morgan fingerprint density at radius 2 is 1.83 bits per heavy atom. The summed E-state index contributed by atoms with van der Waals surface area (Å²) in [5, 5.41) is 20.7. The number of hydrogen-bond donors (Lipinski definition) is 3. The fourth-order valence-electron chi connectivity index (χ4n) is 1.16. The largest absolute Gasteiger partial charge is 0.395 e. The van der Waals surface area contributed by atoms with E-state index in [1.807, 2.05) is 0 Å². The summed E-state index contributed by atoms with van der Waals surface area (Å²) >= 11 is 0. The van der Waals surface area contributed by atoms with Crippen LogP contribution in [-0.4, -0.2) is 35.5 Å². The van der Waals surface area contributed by atoms with E-state index in [2.05, 4.69) is 19.2 Å². The first kappa shape index (κ1) is 11.9. The minimum atomic E-state index is -0.156. The SMILES string of the molecule is CCCCC(C)NC(CO)CO. The molecule has 0 amide bonds. The molecule has 3 nitrogen and oxygen atoms in total. The van der Waals surface area contributed by atoms with E-state index in [0.29, 0.717) is 6.04 Å². The van der Waals surface area contributed by atoms with Gasteiger partial charge in [-0.15, -0.1) is 0 Å². The highest BCUT2D eigenvalue weighted by molar-refractivity contribution is 4.69. The standard InChI is InChI=1S/C9H21NO2/c1-3-4-5-8(2)10-9(6-11)7-12/h8-12H,3-7H2,1-2H3. The smallest absolute Gasteiger partial charge is 0.0607 e. The van der Waals surface area contributed by atoms with Gasteiger partial charge >= 0.3 is 0 Å². The highest BCUT2D eigenvalue weighted by atomic mass is 16.3. The summed E-state index contributed by atoms with van der Waals surface area (Å²) in [5.74, 6) is 0. The summed E-state index contributed by atoms with van der Waals surface area (Å²) in [6, 6.07) is 0.228. The minimum absolute atomic E-state index is 0.00691. The summed E-state index contributed by atoms with van der Waals surface area (Å²) in [4.78, 5) is 0. The molecular weight excluding hydrogens is 154 g/mol. The second-order valence-corrected chi connectivity index (χ2v) is 3.27. The second-order valence-electron chi connectivity index (χ2n) is 3.27. The lowest BCUT2D eigenvalue weighted by Crippen LogP contribution is -2.41. The average Bonchev–Trinajstić information content (AvgIpc) is 2.10. The van der Waals surface area contributed by atoms with E-state index in [4.69, 9.17) is 10.2 Å². The molecule has 0 saturated carbocycles. The molecule has 0 rings (SSSR count). The van der Waals surface area contributed by atoms with Crippen molar-refractivity contribution in [1.82, 2.24) is 5.32 Å². The third-order valence-electron chi connectivity index (χ3n) is 1.95. The van der Waals surface area contributed by atoms with Gasteiger partial charge in [0, 0.05) is 6.04 Å². The summed E-state index contributed by atoms with van der Waals surface area (Å²) in [6.07, 6.45) is 3.49. The Morgan fingerprint density at radius 1 is 1.25 bits per heavy atom. The van der Waals surface area contributed by atoms with Crippen molar-refractivity contribution in [3.05, 3.63) is 0 Å². The molecule has 0 aromatic heterocycles. The molecular formula is C9H21NO2. The van der Waals surface area contributed by atoms with Crippen LogP contribution in [0.1, 0.15) is 33.1 Å². The Hall–Kier alpha value is -0.120. The maximum absolute atomic E-state index is 8.78. The summed E-state index contributed by atoms with van der Waals surface area (Å²) in [5.41, 5.74) is 0. The average molecular weight is 175 g/mol. The number of nitrogens with one attached hydrogen (secondary N) is 1. The molecule has 0 spiro atoms. The third kappa shape index (κ3) is 5.52. The van der Waals surface area contributed by atoms with Crippen LogP contribution < -0.4 is 5.32 Å². The van der Waals surface area contributed by atoms with Gasteiger partial charge in [0.05, 0.1) is 19.3 Å². The van der Waals surface area contributed by atoms with E-state index < -0.39 is 0 Å². The van der Waals surface area contributed by atoms with Gasteiger partial charge in [0.1, 0.15) is 0 Å². The van der Waals surface area contributed by atoms with Crippen molar-refractivity contribution in [3.63, 3.8) is 0 Å². The van der Waals surface area contributed by atoms with Crippen molar-refractivity contribution in [2.75, 3.05) is 13.2 Å². The van der Waals surface area contributed by atoms with Crippen molar-refractivity contribution < 1.29 is 10.2 Å². The summed E-state index contributed by atoms with van der Waals surface area (Å²) in [7, 11) is 0. The molecule has 12 heavy (non-hydrogen) atoms. The second kappa shape index (κ2) is 7.53. The lowest BCUT2D eigenvalue weighted by molar-refractivity contribution is 0.162. The van der Waals surface area contributed by atoms with Crippen LogP contribution in [0, 0.1) is 0 Å². The van der Waals surface area contributed by atoms with E-state index in [9.17, 15) is 0 Å². The number of hydrogen-bond acceptors (Lipinski definition) is 3. The highest BCUT2D eigenvalue weighted by Gasteiger charge is 2.08. The summed E-state index contributed by atoms with van der Waals surface area (Å²) < 4.78 is 0. The van der Waals surface area contributed by atoms with Gasteiger partial charge in [-0.05, 0) is 13.3 Å². The Balaban J connectivity index is 3.44. The Kier molecular flexibility index (Phi) is 7.45. The van der Waals surface area contributed by atoms with E-state index in [1.165, 1.54) is 12.8 Å². The first-order valence-corrected chi connectivity index (χ1v) is 4.72. The molecule has 0 aliphatic rings. The van der Waals surface area contributed by atoms with Crippen LogP contribution in [-0.2, 0) is 0 Å². The first-order valence-electron chi connectivity index (χ1n) is 4.72. The predicted molar refractivity (Wildman–Crippen MR) is 50.1 cm³/mol. The van der Waals surface area contributed by atoms with Crippen molar-refractivity contribution in [2.45, 2.75) is 45.2 Å². The van der Waals surface area contributed by atoms with Crippen LogP contribution in [0.3, 0.4) is 0 Å². The summed E-state index contributed by atoms with van der Waals surface area (Å²) in [6.45, 7) is 4.25. The van der Waals surface area contributed by atoms with Crippen LogP contribution in [0.4, 0.5) is 0 Å². The van der Waals surface area contributed by atoms with Gasteiger partial charge in [-0.25, -0.2) is 0 Å². The number of aliphatic hydroxyl groups is 2. The minimum Gasteiger partial charge on any atom is -0.395 e. The van der Waals surface area contributed by atoms with Crippen LogP contribution in [0.2, 0.25) is 0 Å². The van der Waals surface area contributed by atoms with E-state index >= 15 is 0 Å². The lowest BCUT2D eigenvalue weighted by atomic mass is 10.1.